The van der Waals surface area contributed by atoms with Gasteiger partial charge in [0, 0.05) is 20.1 Å². The van der Waals surface area contributed by atoms with E-state index in [9.17, 15) is 0 Å². The van der Waals surface area contributed by atoms with Crippen molar-refractivity contribution >= 4 is 5.96 Å². The highest BCUT2D eigenvalue weighted by atomic mass is 16.7. The van der Waals surface area contributed by atoms with Crippen molar-refractivity contribution in [2.24, 2.45) is 4.99 Å². The molecule has 22 heavy (non-hydrogen) atoms. The maximum Gasteiger partial charge on any atom is 0.231 e. The predicted molar refractivity (Wildman–Crippen MR) is 89.8 cm³/mol. The quantitative estimate of drug-likeness (QED) is 0.440. The number of benzene rings is 1. The Morgan fingerprint density at radius 1 is 1.09 bits per heavy atom. The summed E-state index contributed by atoms with van der Waals surface area (Å²) < 4.78 is 10.7. The summed E-state index contributed by atoms with van der Waals surface area (Å²) in [6, 6.07) is 6.10. The molecule has 1 aliphatic rings. The lowest BCUT2D eigenvalue weighted by Gasteiger charge is -2.12. The van der Waals surface area contributed by atoms with Crippen LogP contribution in [0.3, 0.4) is 0 Å². The standard InChI is InChI=1S/C17H27N3O2/c1-3-4-5-6-10-19-17(18-2)20-11-9-14-7-8-15-16(12-14)22-13-21-15/h7-8,12H,3-6,9-11,13H2,1-2H3,(H2,18,19,20). The molecule has 0 saturated heterocycles. The van der Waals surface area contributed by atoms with Gasteiger partial charge in [0.1, 0.15) is 0 Å². The molecule has 0 spiro atoms. The van der Waals surface area contributed by atoms with E-state index in [2.05, 4.69) is 28.6 Å². The van der Waals surface area contributed by atoms with Crippen molar-refractivity contribution < 1.29 is 9.47 Å². The highest BCUT2D eigenvalue weighted by molar-refractivity contribution is 5.79. The van der Waals surface area contributed by atoms with E-state index in [4.69, 9.17) is 9.47 Å². The number of hydrogen-bond donors (Lipinski definition) is 2. The SMILES string of the molecule is CCCCCCNC(=NC)NCCc1ccc2c(c1)OCO2. The number of unbranched alkanes of at least 4 members (excludes halogenated alkanes) is 3. The summed E-state index contributed by atoms with van der Waals surface area (Å²) in [5, 5.41) is 6.69. The molecule has 1 aromatic carbocycles. The number of nitrogens with zero attached hydrogens (tertiary/aromatic N) is 1. The van der Waals surface area contributed by atoms with Gasteiger partial charge in [-0.2, -0.15) is 0 Å². The van der Waals surface area contributed by atoms with Crippen LogP contribution >= 0.6 is 0 Å². The number of nitrogens with one attached hydrogen (secondary N) is 2. The molecule has 0 saturated carbocycles. The maximum absolute atomic E-state index is 5.39. The number of ether oxygens (including phenoxy) is 2. The van der Waals surface area contributed by atoms with Gasteiger partial charge in [0.15, 0.2) is 17.5 Å². The van der Waals surface area contributed by atoms with Gasteiger partial charge in [0.05, 0.1) is 0 Å². The lowest BCUT2D eigenvalue weighted by atomic mass is 10.1. The second-order valence-corrected chi connectivity index (χ2v) is 5.42. The molecule has 1 aromatic rings. The highest BCUT2D eigenvalue weighted by Gasteiger charge is 2.12. The van der Waals surface area contributed by atoms with E-state index in [1.807, 2.05) is 19.2 Å². The molecule has 2 rings (SSSR count). The van der Waals surface area contributed by atoms with Crippen LogP contribution in [-0.2, 0) is 6.42 Å². The number of aliphatic imine (C=N–C) groups is 1. The summed E-state index contributed by atoms with van der Waals surface area (Å²) in [5.74, 6) is 2.55. The first-order valence-corrected chi connectivity index (χ1v) is 8.16. The summed E-state index contributed by atoms with van der Waals surface area (Å²) in [7, 11) is 1.81. The van der Waals surface area contributed by atoms with Crippen LogP contribution in [0.4, 0.5) is 0 Å². The van der Waals surface area contributed by atoms with Crippen LogP contribution in [0.2, 0.25) is 0 Å². The van der Waals surface area contributed by atoms with Crippen LogP contribution in [-0.4, -0.2) is 32.9 Å². The molecule has 1 heterocycles. The van der Waals surface area contributed by atoms with Crippen LogP contribution in [0.1, 0.15) is 38.2 Å². The number of fused-ring (bicyclic) bond motifs is 1. The molecule has 0 atom stereocenters. The molecule has 0 aliphatic carbocycles. The second-order valence-electron chi connectivity index (χ2n) is 5.42. The first-order chi connectivity index (χ1) is 10.8. The largest absolute Gasteiger partial charge is 0.454 e. The van der Waals surface area contributed by atoms with Crippen molar-refractivity contribution in [3.05, 3.63) is 23.8 Å². The molecule has 0 fully saturated rings. The lowest BCUT2D eigenvalue weighted by Crippen LogP contribution is -2.38. The fourth-order valence-electron chi connectivity index (χ4n) is 2.40. The lowest BCUT2D eigenvalue weighted by molar-refractivity contribution is 0.174. The van der Waals surface area contributed by atoms with Crippen LogP contribution in [0.25, 0.3) is 0 Å². The molecule has 0 amide bonds. The van der Waals surface area contributed by atoms with Crippen molar-refractivity contribution in [1.29, 1.82) is 0 Å². The Bertz CT molecular complexity index is 489. The minimum absolute atomic E-state index is 0.325. The summed E-state index contributed by atoms with van der Waals surface area (Å²) in [6.45, 7) is 4.37. The van der Waals surface area contributed by atoms with Crippen LogP contribution in [0.15, 0.2) is 23.2 Å². The van der Waals surface area contributed by atoms with Gasteiger partial charge in [-0.1, -0.05) is 32.3 Å². The molecular formula is C17H27N3O2. The van der Waals surface area contributed by atoms with Gasteiger partial charge in [0.25, 0.3) is 0 Å². The third-order valence-electron chi connectivity index (χ3n) is 3.69. The monoisotopic (exact) mass is 305 g/mol. The maximum atomic E-state index is 5.39. The van der Waals surface area contributed by atoms with Crippen LogP contribution < -0.4 is 20.1 Å². The first kappa shape index (κ1) is 16.5. The molecule has 5 nitrogen and oxygen atoms in total. The van der Waals surface area contributed by atoms with E-state index >= 15 is 0 Å². The van der Waals surface area contributed by atoms with Gasteiger partial charge >= 0.3 is 0 Å². The highest BCUT2D eigenvalue weighted by Crippen LogP contribution is 2.32. The minimum atomic E-state index is 0.325. The Labute approximate surface area is 133 Å². The molecule has 0 aromatic heterocycles. The number of guanidine groups is 1. The smallest absolute Gasteiger partial charge is 0.231 e. The van der Waals surface area contributed by atoms with Crippen molar-refractivity contribution in [3.8, 4) is 11.5 Å². The van der Waals surface area contributed by atoms with Gasteiger partial charge in [-0.15, -0.1) is 0 Å². The van der Waals surface area contributed by atoms with E-state index in [0.29, 0.717) is 6.79 Å². The summed E-state index contributed by atoms with van der Waals surface area (Å²) >= 11 is 0. The summed E-state index contributed by atoms with van der Waals surface area (Å²) in [6.07, 6.45) is 5.96. The van der Waals surface area contributed by atoms with Crippen molar-refractivity contribution in [2.45, 2.75) is 39.0 Å². The fourth-order valence-corrected chi connectivity index (χ4v) is 2.40. The Kier molecular flexibility index (Phi) is 6.87. The fraction of sp³-hybridized carbons (Fsp3) is 0.588. The molecule has 5 heteroatoms. The summed E-state index contributed by atoms with van der Waals surface area (Å²) in [4.78, 5) is 4.24. The topological polar surface area (TPSA) is 54.9 Å². The van der Waals surface area contributed by atoms with Gasteiger partial charge in [-0.25, -0.2) is 0 Å². The van der Waals surface area contributed by atoms with Crippen molar-refractivity contribution in [1.82, 2.24) is 10.6 Å². The molecular weight excluding hydrogens is 278 g/mol. The zero-order valence-corrected chi connectivity index (χ0v) is 13.7. The van der Waals surface area contributed by atoms with Gasteiger partial charge < -0.3 is 20.1 Å². The first-order valence-electron chi connectivity index (χ1n) is 8.16. The molecule has 0 bridgehead atoms. The van der Waals surface area contributed by atoms with Crippen LogP contribution in [0, 0.1) is 0 Å². The van der Waals surface area contributed by atoms with E-state index in [-0.39, 0.29) is 0 Å². The van der Waals surface area contributed by atoms with E-state index < -0.39 is 0 Å². The van der Waals surface area contributed by atoms with Crippen molar-refractivity contribution in [3.63, 3.8) is 0 Å². The summed E-state index contributed by atoms with van der Waals surface area (Å²) in [5.41, 5.74) is 1.23. The molecule has 0 radical (unpaired) electrons. The normalized spacial score (nSPS) is 13.3. The Morgan fingerprint density at radius 2 is 1.91 bits per heavy atom. The zero-order chi connectivity index (χ0) is 15.6. The van der Waals surface area contributed by atoms with E-state index in [0.717, 1.165) is 37.0 Å². The Morgan fingerprint density at radius 3 is 2.73 bits per heavy atom. The number of rotatable bonds is 8. The molecule has 1 aliphatic heterocycles. The minimum Gasteiger partial charge on any atom is -0.454 e. The van der Waals surface area contributed by atoms with E-state index in [1.165, 1.54) is 31.2 Å². The predicted octanol–water partition coefficient (Wildman–Crippen LogP) is 2.70. The average Bonchev–Trinajstić information content (AvgIpc) is 3.00. The molecule has 122 valence electrons. The third kappa shape index (κ3) is 5.13. The molecule has 0 unspecified atom stereocenters. The van der Waals surface area contributed by atoms with Gasteiger partial charge in [0.2, 0.25) is 6.79 Å². The van der Waals surface area contributed by atoms with Crippen LogP contribution in [0.5, 0.6) is 11.5 Å². The Hall–Kier alpha value is -1.91. The molecule has 2 N–H and O–H groups in total. The Balaban J connectivity index is 1.66. The van der Waals surface area contributed by atoms with E-state index in [1.54, 1.807) is 0 Å². The number of hydrogen-bond acceptors (Lipinski definition) is 3. The second kappa shape index (κ2) is 9.18. The average molecular weight is 305 g/mol. The third-order valence-corrected chi connectivity index (χ3v) is 3.69. The van der Waals surface area contributed by atoms with Gasteiger partial charge in [-0.3, -0.25) is 4.99 Å². The van der Waals surface area contributed by atoms with Crippen molar-refractivity contribution in [2.75, 3.05) is 26.9 Å². The zero-order valence-electron chi connectivity index (χ0n) is 13.7. The van der Waals surface area contributed by atoms with Gasteiger partial charge in [-0.05, 0) is 30.5 Å².